The van der Waals surface area contributed by atoms with E-state index in [0.717, 1.165) is 22.7 Å². The van der Waals surface area contributed by atoms with Crippen LogP contribution in [-0.2, 0) is 32.6 Å². The van der Waals surface area contributed by atoms with Crippen LogP contribution in [0, 0.1) is 0 Å². The molecule has 4 aromatic rings. The number of hydrogen-bond acceptors (Lipinski definition) is 5. The maximum absolute atomic E-state index is 14.5. The number of anilines is 1. The summed E-state index contributed by atoms with van der Waals surface area (Å²) in [5.41, 5.74) is 1.70. The molecule has 0 fully saturated rings. The first-order valence-corrected chi connectivity index (χ1v) is 17.7. The lowest BCUT2D eigenvalue weighted by atomic mass is 10.0. The van der Waals surface area contributed by atoms with Crippen LogP contribution >= 0.6 is 23.2 Å². The molecule has 0 unspecified atom stereocenters. The number of benzene rings is 4. The summed E-state index contributed by atoms with van der Waals surface area (Å²) in [6.45, 7) is 4.10. The molecule has 4 aromatic carbocycles. The molecule has 248 valence electrons. The Kier molecular flexibility index (Phi) is 13.1. The van der Waals surface area contributed by atoms with Gasteiger partial charge >= 0.3 is 0 Å². The molecule has 4 rings (SSSR count). The predicted octanol–water partition coefficient (Wildman–Crippen LogP) is 7.14. The van der Waals surface area contributed by atoms with Gasteiger partial charge in [-0.05, 0) is 73.0 Å². The third-order valence-corrected chi connectivity index (χ3v) is 9.88. The van der Waals surface area contributed by atoms with Gasteiger partial charge in [0.2, 0.25) is 11.8 Å². The first-order chi connectivity index (χ1) is 22.6. The van der Waals surface area contributed by atoms with Crippen molar-refractivity contribution in [2.24, 2.45) is 0 Å². The minimum atomic E-state index is -4.24. The Morgan fingerprint density at radius 2 is 1.53 bits per heavy atom. The summed E-state index contributed by atoms with van der Waals surface area (Å²) in [4.78, 5) is 29.8. The Balaban J connectivity index is 1.78. The quantitative estimate of drug-likeness (QED) is 0.126. The lowest BCUT2D eigenvalue weighted by Crippen LogP contribution is -2.53. The second-order valence-corrected chi connectivity index (χ2v) is 13.6. The largest absolute Gasteiger partial charge is 0.494 e. The van der Waals surface area contributed by atoms with Crippen LogP contribution in [0.2, 0.25) is 10.0 Å². The lowest BCUT2D eigenvalue weighted by Gasteiger charge is -2.34. The minimum Gasteiger partial charge on any atom is -0.494 e. The number of rotatable bonds is 16. The zero-order chi connectivity index (χ0) is 33.8. The van der Waals surface area contributed by atoms with Crippen LogP contribution in [0.15, 0.2) is 108 Å². The number of nitrogens with zero attached hydrogens (tertiary/aromatic N) is 2. The molecule has 0 aromatic heterocycles. The summed E-state index contributed by atoms with van der Waals surface area (Å²) in [7, 11) is -4.24. The third-order valence-electron chi connectivity index (χ3n) is 7.50. The van der Waals surface area contributed by atoms with E-state index in [1.807, 2.05) is 44.2 Å². The first kappa shape index (κ1) is 35.8. The Bertz CT molecular complexity index is 1720. The number of ether oxygens (including phenoxy) is 1. The number of halogens is 2. The van der Waals surface area contributed by atoms with Crippen LogP contribution in [0.3, 0.4) is 0 Å². The topological polar surface area (TPSA) is 96.0 Å². The molecular formula is C36H39Cl2N3O5S. The van der Waals surface area contributed by atoms with Gasteiger partial charge in [0, 0.05) is 29.6 Å². The number of nitrogens with one attached hydrogen (secondary N) is 1. The maximum atomic E-state index is 14.5. The molecule has 47 heavy (non-hydrogen) atoms. The molecule has 0 saturated carbocycles. The molecule has 0 heterocycles. The summed E-state index contributed by atoms with van der Waals surface area (Å²) < 4.78 is 34.9. The van der Waals surface area contributed by atoms with Crippen molar-refractivity contribution < 1.29 is 22.7 Å². The highest BCUT2D eigenvalue weighted by Crippen LogP contribution is 2.28. The van der Waals surface area contributed by atoms with Gasteiger partial charge in [-0.25, -0.2) is 8.42 Å². The van der Waals surface area contributed by atoms with E-state index in [0.29, 0.717) is 40.2 Å². The smallest absolute Gasteiger partial charge is 0.264 e. The van der Waals surface area contributed by atoms with Gasteiger partial charge in [-0.1, -0.05) is 91.1 Å². The minimum absolute atomic E-state index is 0.0111. The van der Waals surface area contributed by atoms with Gasteiger partial charge in [0.15, 0.2) is 0 Å². The Hall–Kier alpha value is -4.05. The zero-order valence-electron chi connectivity index (χ0n) is 26.4. The summed E-state index contributed by atoms with van der Waals surface area (Å²) in [6.07, 6.45) is 1.84. The number of unbranched alkanes of at least 4 members (excludes halogenated alkanes) is 1. The second-order valence-electron chi connectivity index (χ2n) is 10.9. The zero-order valence-corrected chi connectivity index (χ0v) is 28.8. The molecule has 0 radical (unpaired) electrons. The highest BCUT2D eigenvalue weighted by atomic mass is 35.5. The molecule has 11 heteroatoms. The van der Waals surface area contributed by atoms with Crippen molar-refractivity contribution in [3.05, 3.63) is 124 Å². The van der Waals surface area contributed by atoms with Crippen molar-refractivity contribution >= 4 is 50.7 Å². The SMILES string of the molecule is CCCCNC(=O)[C@H](Cc1ccccc1)N(Cc1ccc(Cl)cc1Cl)C(=O)CN(c1ccccc1)S(=O)(=O)c1ccc(OCC)cc1. The lowest BCUT2D eigenvalue weighted by molar-refractivity contribution is -0.140. The van der Waals surface area contributed by atoms with Gasteiger partial charge in [-0.2, -0.15) is 0 Å². The first-order valence-electron chi connectivity index (χ1n) is 15.5. The number of carbonyl (C=O) groups is 2. The Labute approximate surface area is 287 Å². The van der Waals surface area contributed by atoms with E-state index >= 15 is 0 Å². The number of carbonyl (C=O) groups excluding carboxylic acids is 2. The van der Waals surface area contributed by atoms with E-state index < -0.39 is 28.5 Å². The summed E-state index contributed by atoms with van der Waals surface area (Å²) >= 11 is 12.7. The molecular weight excluding hydrogens is 657 g/mol. The molecule has 0 bridgehead atoms. The Morgan fingerprint density at radius 3 is 2.15 bits per heavy atom. The third kappa shape index (κ3) is 9.73. The maximum Gasteiger partial charge on any atom is 0.264 e. The highest BCUT2D eigenvalue weighted by Gasteiger charge is 2.35. The van der Waals surface area contributed by atoms with E-state index in [1.165, 1.54) is 17.0 Å². The molecule has 0 aliphatic heterocycles. The summed E-state index contributed by atoms with van der Waals surface area (Å²) in [5, 5.41) is 3.72. The van der Waals surface area contributed by atoms with Crippen LogP contribution < -0.4 is 14.4 Å². The monoisotopic (exact) mass is 695 g/mol. The Morgan fingerprint density at radius 1 is 0.872 bits per heavy atom. The van der Waals surface area contributed by atoms with Gasteiger partial charge in [0.1, 0.15) is 18.3 Å². The van der Waals surface area contributed by atoms with Gasteiger partial charge < -0.3 is 15.0 Å². The highest BCUT2D eigenvalue weighted by molar-refractivity contribution is 7.92. The molecule has 0 aliphatic rings. The van der Waals surface area contributed by atoms with Crippen molar-refractivity contribution in [2.75, 3.05) is 24.0 Å². The number of sulfonamides is 1. The molecule has 1 N–H and O–H groups in total. The van der Waals surface area contributed by atoms with Crippen molar-refractivity contribution in [1.29, 1.82) is 0 Å². The normalized spacial score (nSPS) is 11.8. The van der Waals surface area contributed by atoms with Gasteiger partial charge in [0.25, 0.3) is 10.0 Å². The molecule has 8 nitrogen and oxygen atoms in total. The van der Waals surface area contributed by atoms with E-state index in [1.54, 1.807) is 60.7 Å². The average molecular weight is 697 g/mol. The molecule has 2 amide bonds. The van der Waals surface area contributed by atoms with Crippen molar-refractivity contribution in [2.45, 2.75) is 50.6 Å². The fraction of sp³-hybridized carbons (Fsp3) is 0.278. The average Bonchev–Trinajstić information content (AvgIpc) is 3.07. The summed E-state index contributed by atoms with van der Waals surface area (Å²) in [6, 6.07) is 27.8. The van der Waals surface area contributed by atoms with Gasteiger partial charge in [0.05, 0.1) is 17.2 Å². The van der Waals surface area contributed by atoms with E-state index in [2.05, 4.69) is 5.32 Å². The van der Waals surface area contributed by atoms with Crippen molar-refractivity contribution in [3.63, 3.8) is 0 Å². The fourth-order valence-electron chi connectivity index (χ4n) is 5.02. The summed E-state index contributed by atoms with van der Waals surface area (Å²) in [5.74, 6) is -0.403. The van der Waals surface area contributed by atoms with Gasteiger partial charge in [-0.15, -0.1) is 0 Å². The van der Waals surface area contributed by atoms with Crippen LogP contribution in [0.25, 0.3) is 0 Å². The van der Waals surface area contributed by atoms with Crippen LogP contribution in [0.5, 0.6) is 5.75 Å². The standard InChI is InChI=1S/C36H39Cl2N3O5S/c1-3-5-22-39-36(43)34(23-27-12-8-6-9-13-27)40(25-28-16-17-29(37)24-33(28)38)35(42)26-41(30-14-10-7-11-15-30)47(44,45)32-20-18-31(19-21-32)46-4-2/h6-21,24,34H,3-5,22-23,25-26H2,1-2H3,(H,39,43)/t34-/m0/s1. The van der Waals surface area contributed by atoms with Crippen LogP contribution in [0.4, 0.5) is 5.69 Å². The number of para-hydroxylation sites is 1. The van der Waals surface area contributed by atoms with Crippen LogP contribution in [-0.4, -0.2) is 50.9 Å². The van der Waals surface area contributed by atoms with E-state index in [4.69, 9.17) is 27.9 Å². The van der Waals surface area contributed by atoms with Crippen molar-refractivity contribution in [3.8, 4) is 5.75 Å². The molecule has 0 aliphatic carbocycles. The molecule has 0 spiro atoms. The van der Waals surface area contributed by atoms with E-state index in [-0.39, 0.29) is 23.8 Å². The van der Waals surface area contributed by atoms with Gasteiger partial charge in [-0.3, -0.25) is 13.9 Å². The van der Waals surface area contributed by atoms with Crippen LogP contribution in [0.1, 0.15) is 37.8 Å². The number of amides is 2. The van der Waals surface area contributed by atoms with E-state index in [9.17, 15) is 18.0 Å². The molecule has 1 atom stereocenters. The van der Waals surface area contributed by atoms with Crippen molar-refractivity contribution in [1.82, 2.24) is 10.2 Å². The number of hydrogen-bond donors (Lipinski definition) is 1. The second kappa shape index (κ2) is 17.2. The molecule has 0 saturated heterocycles. The fourth-order valence-corrected chi connectivity index (χ4v) is 6.90. The predicted molar refractivity (Wildman–Crippen MR) is 187 cm³/mol.